The van der Waals surface area contributed by atoms with E-state index in [9.17, 15) is 4.79 Å². The number of anilines is 1. The summed E-state index contributed by atoms with van der Waals surface area (Å²) in [6.45, 7) is 1.24. The smallest absolute Gasteiger partial charge is 0.323 e. The zero-order valence-electron chi connectivity index (χ0n) is 7.86. The highest BCUT2D eigenvalue weighted by Gasteiger charge is 2.26. The summed E-state index contributed by atoms with van der Waals surface area (Å²) >= 11 is 0. The second kappa shape index (κ2) is 3.67. The number of nitrogens with one attached hydrogen (secondary N) is 2. The molecule has 0 aliphatic carbocycles. The predicted molar refractivity (Wildman–Crippen MR) is 50.0 cm³/mol. The third-order valence-electron chi connectivity index (χ3n) is 2.23. The molecule has 2 rings (SSSR count). The maximum atomic E-state index is 11.6. The van der Waals surface area contributed by atoms with Gasteiger partial charge >= 0.3 is 6.03 Å². The summed E-state index contributed by atoms with van der Waals surface area (Å²) in [7, 11) is 1.75. The minimum atomic E-state index is -0.150. The minimum Gasteiger partial charge on any atom is -0.377 e. The highest BCUT2D eigenvalue weighted by molar-refractivity contribution is 5.88. The lowest BCUT2D eigenvalue weighted by atomic mass is 10.2. The van der Waals surface area contributed by atoms with E-state index in [1.165, 1.54) is 0 Å². The van der Waals surface area contributed by atoms with E-state index in [1.807, 2.05) is 0 Å². The molecule has 2 N–H and O–H groups in total. The van der Waals surface area contributed by atoms with Crippen LogP contribution in [0.5, 0.6) is 0 Å². The highest BCUT2D eigenvalue weighted by atomic mass is 16.5. The molecule has 6 nitrogen and oxygen atoms in total. The summed E-state index contributed by atoms with van der Waals surface area (Å²) in [5, 5.41) is 9.07. The molecule has 2 heterocycles. The van der Waals surface area contributed by atoms with Gasteiger partial charge in [0.15, 0.2) is 0 Å². The van der Waals surface area contributed by atoms with E-state index in [-0.39, 0.29) is 12.1 Å². The molecular weight excluding hydrogens is 184 g/mol. The zero-order valence-corrected chi connectivity index (χ0v) is 7.86. The summed E-state index contributed by atoms with van der Waals surface area (Å²) in [5.74, 6) is 0.599. The van der Waals surface area contributed by atoms with Crippen molar-refractivity contribution in [3.8, 4) is 0 Å². The van der Waals surface area contributed by atoms with E-state index >= 15 is 0 Å². The number of aromatic amines is 1. The van der Waals surface area contributed by atoms with Crippen molar-refractivity contribution >= 4 is 11.8 Å². The van der Waals surface area contributed by atoms with E-state index in [1.54, 1.807) is 24.2 Å². The van der Waals surface area contributed by atoms with Gasteiger partial charge in [-0.1, -0.05) is 0 Å². The van der Waals surface area contributed by atoms with Crippen molar-refractivity contribution in [2.75, 3.05) is 25.6 Å². The van der Waals surface area contributed by atoms with Gasteiger partial charge in [-0.05, 0) is 0 Å². The largest absolute Gasteiger partial charge is 0.377 e. The fourth-order valence-corrected chi connectivity index (χ4v) is 1.14. The Morgan fingerprint density at radius 1 is 1.79 bits per heavy atom. The number of H-pyrrole nitrogens is 1. The molecule has 0 spiro atoms. The summed E-state index contributed by atoms with van der Waals surface area (Å²) in [6.07, 6.45) is 1.59. The molecule has 0 aromatic carbocycles. The van der Waals surface area contributed by atoms with E-state index < -0.39 is 0 Å². The van der Waals surface area contributed by atoms with Gasteiger partial charge in [-0.25, -0.2) is 4.79 Å². The lowest BCUT2D eigenvalue weighted by Crippen LogP contribution is -2.51. The summed E-state index contributed by atoms with van der Waals surface area (Å²) in [6, 6.07) is 1.74. The van der Waals surface area contributed by atoms with Gasteiger partial charge in [-0.2, -0.15) is 5.10 Å². The first-order valence-corrected chi connectivity index (χ1v) is 4.38. The Balaban J connectivity index is 1.88. The Bertz CT molecular complexity index is 307. The second-order valence-corrected chi connectivity index (χ2v) is 3.20. The van der Waals surface area contributed by atoms with Crippen LogP contribution < -0.4 is 5.32 Å². The maximum Gasteiger partial charge on any atom is 0.323 e. The first kappa shape index (κ1) is 9.01. The Kier molecular flexibility index (Phi) is 2.36. The Hall–Kier alpha value is -1.56. The summed E-state index contributed by atoms with van der Waals surface area (Å²) in [4.78, 5) is 13.2. The Morgan fingerprint density at radius 2 is 2.57 bits per heavy atom. The molecule has 14 heavy (non-hydrogen) atoms. The van der Waals surface area contributed by atoms with Crippen molar-refractivity contribution in [2.45, 2.75) is 6.04 Å². The van der Waals surface area contributed by atoms with Gasteiger partial charge in [-0.15, -0.1) is 0 Å². The molecule has 1 fully saturated rings. The van der Waals surface area contributed by atoms with Crippen LogP contribution in [-0.2, 0) is 4.74 Å². The number of nitrogens with zero attached hydrogens (tertiary/aromatic N) is 2. The zero-order chi connectivity index (χ0) is 9.97. The number of urea groups is 1. The molecule has 0 atom stereocenters. The lowest BCUT2D eigenvalue weighted by molar-refractivity contribution is -0.0401. The van der Waals surface area contributed by atoms with Gasteiger partial charge in [-0.3, -0.25) is 10.4 Å². The minimum absolute atomic E-state index is 0.150. The monoisotopic (exact) mass is 196 g/mol. The van der Waals surface area contributed by atoms with Crippen LogP contribution in [0.3, 0.4) is 0 Å². The second-order valence-electron chi connectivity index (χ2n) is 3.20. The number of amides is 2. The third kappa shape index (κ3) is 1.69. The molecule has 2 amide bonds. The van der Waals surface area contributed by atoms with Crippen molar-refractivity contribution in [1.29, 1.82) is 0 Å². The predicted octanol–water partition coefficient (Wildman–Crippen LogP) is 0.272. The van der Waals surface area contributed by atoms with Gasteiger partial charge < -0.3 is 9.64 Å². The number of likely N-dealkylation sites (N-methyl/N-ethyl adjacent to an activating group) is 1. The van der Waals surface area contributed by atoms with Gasteiger partial charge in [0.05, 0.1) is 25.5 Å². The van der Waals surface area contributed by atoms with Crippen molar-refractivity contribution < 1.29 is 9.53 Å². The maximum absolute atomic E-state index is 11.6. The van der Waals surface area contributed by atoms with E-state index in [0.29, 0.717) is 19.0 Å². The fraction of sp³-hybridized carbons (Fsp3) is 0.500. The van der Waals surface area contributed by atoms with E-state index in [0.717, 1.165) is 0 Å². The van der Waals surface area contributed by atoms with Crippen molar-refractivity contribution in [2.24, 2.45) is 0 Å². The molecule has 1 saturated heterocycles. The molecule has 0 bridgehead atoms. The van der Waals surface area contributed by atoms with Crippen LogP contribution in [0.2, 0.25) is 0 Å². The lowest BCUT2D eigenvalue weighted by Gasteiger charge is -2.34. The number of aromatic nitrogens is 2. The molecule has 1 aromatic rings. The quantitative estimate of drug-likeness (QED) is 0.713. The van der Waals surface area contributed by atoms with Crippen LogP contribution in [0.4, 0.5) is 10.6 Å². The molecule has 0 unspecified atom stereocenters. The molecule has 6 heteroatoms. The molecule has 0 saturated carbocycles. The molecule has 1 aromatic heterocycles. The molecule has 1 aliphatic heterocycles. The normalized spacial score (nSPS) is 16.1. The number of hydrogen-bond donors (Lipinski definition) is 2. The van der Waals surface area contributed by atoms with Gasteiger partial charge in [0.2, 0.25) is 0 Å². The number of ether oxygens (including phenoxy) is 1. The number of hydrogen-bond acceptors (Lipinski definition) is 3. The Labute approximate surface area is 81.2 Å². The van der Waals surface area contributed by atoms with E-state index in [4.69, 9.17) is 4.74 Å². The summed E-state index contributed by atoms with van der Waals surface area (Å²) in [5.41, 5.74) is 0. The molecule has 0 radical (unpaired) electrons. The van der Waals surface area contributed by atoms with Crippen LogP contribution in [0.25, 0.3) is 0 Å². The van der Waals surface area contributed by atoms with Gasteiger partial charge in [0.1, 0.15) is 5.82 Å². The van der Waals surface area contributed by atoms with Gasteiger partial charge in [0, 0.05) is 13.1 Å². The SMILES string of the molecule is CN(C(=O)Nc1ccn[nH]1)C1COC1. The first-order chi connectivity index (χ1) is 6.77. The number of carbonyl (C=O) groups is 1. The fourth-order valence-electron chi connectivity index (χ4n) is 1.14. The average molecular weight is 196 g/mol. The Morgan fingerprint density at radius 3 is 3.07 bits per heavy atom. The van der Waals surface area contributed by atoms with Crippen molar-refractivity contribution in [3.05, 3.63) is 12.3 Å². The van der Waals surface area contributed by atoms with Crippen LogP contribution in [0, 0.1) is 0 Å². The average Bonchev–Trinajstić information content (AvgIpc) is 2.53. The summed E-state index contributed by atoms with van der Waals surface area (Å²) < 4.78 is 5.00. The van der Waals surface area contributed by atoms with Gasteiger partial charge in [0.25, 0.3) is 0 Å². The standard InChI is InChI=1S/C8H12N4O2/c1-12(6-4-14-5-6)8(13)10-7-2-3-9-11-7/h2-3,6H,4-5H2,1H3,(H2,9,10,11,13). The van der Waals surface area contributed by atoms with Crippen molar-refractivity contribution in [1.82, 2.24) is 15.1 Å². The van der Waals surface area contributed by atoms with Crippen LogP contribution in [-0.4, -0.2) is 47.4 Å². The van der Waals surface area contributed by atoms with Crippen LogP contribution in [0.1, 0.15) is 0 Å². The van der Waals surface area contributed by atoms with Crippen LogP contribution >= 0.6 is 0 Å². The first-order valence-electron chi connectivity index (χ1n) is 4.38. The third-order valence-corrected chi connectivity index (χ3v) is 2.23. The number of carbonyl (C=O) groups excluding carboxylic acids is 1. The van der Waals surface area contributed by atoms with E-state index in [2.05, 4.69) is 15.5 Å². The number of rotatable bonds is 2. The molecular formula is C8H12N4O2. The highest BCUT2D eigenvalue weighted by Crippen LogP contribution is 2.10. The molecule has 1 aliphatic rings. The van der Waals surface area contributed by atoms with Crippen molar-refractivity contribution in [3.63, 3.8) is 0 Å². The molecule has 76 valence electrons. The van der Waals surface area contributed by atoms with Crippen LogP contribution in [0.15, 0.2) is 12.3 Å². The topological polar surface area (TPSA) is 70.2 Å².